The second-order valence-corrected chi connectivity index (χ2v) is 8.08. The molecule has 0 aromatic rings. The van der Waals surface area contributed by atoms with Crippen molar-refractivity contribution in [3.63, 3.8) is 0 Å². The predicted molar refractivity (Wildman–Crippen MR) is 125 cm³/mol. The Labute approximate surface area is 183 Å². The van der Waals surface area contributed by atoms with Gasteiger partial charge in [-0.25, -0.2) is 4.79 Å². The second-order valence-electron chi connectivity index (χ2n) is 8.08. The molecule has 1 atom stereocenters. The summed E-state index contributed by atoms with van der Waals surface area (Å²) in [6.07, 6.45) is 0.465. The van der Waals surface area contributed by atoms with E-state index in [1.165, 1.54) is 0 Å². The van der Waals surface area contributed by atoms with Gasteiger partial charge in [0.1, 0.15) is 5.60 Å². The zero-order valence-corrected chi connectivity index (χ0v) is 21.1. The van der Waals surface area contributed by atoms with Crippen LogP contribution >= 0.6 is 24.0 Å². The predicted octanol–water partition coefficient (Wildman–Crippen LogP) is 3.00. The van der Waals surface area contributed by atoms with Crippen LogP contribution in [0.3, 0.4) is 0 Å². The fourth-order valence-electron chi connectivity index (χ4n) is 2.37. The average Bonchev–Trinajstić information content (AvgIpc) is 2.52. The lowest BCUT2D eigenvalue weighted by Crippen LogP contribution is -2.46. The number of amides is 1. The molecule has 8 heteroatoms. The highest BCUT2D eigenvalue weighted by molar-refractivity contribution is 14.0. The number of rotatable bonds is 9. The lowest BCUT2D eigenvalue weighted by Gasteiger charge is -2.28. The third-order valence-electron chi connectivity index (χ3n) is 4.17. The van der Waals surface area contributed by atoms with Gasteiger partial charge in [-0.2, -0.15) is 0 Å². The maximum Gasteiger partial charge on any atom is 0.407 e. The monoisotopic (exact) mass is 499 g/mol. The fourth-order valence-corrected chi connectivity index (χ4v) is 2.37. The van der Waals surface area contributed by atoms with E-state index in [1.54, 1.807) is 7.05 Å². The molecule has 2 N–H and O–H groups in total. The molecule has 0 aliphatic carbocycles. The van der Waals surface area contributed by atoms with E-state index in [4.69, 9.17) is 4.74 Å². The molecule has 7 nitrogen and oxygen atoms in total. The summed E-state index contributed by atoms with van der Waals surface area (Å²) in [7, 11) is 5.91. The molecular formula is C19H42IN5O2. The molecule has 1 amide bonds. The van der Waals surface area contributed by atoms with Gasteiger partial charge in [0.15, 0.2) is 5.96 Å². The van der Waals surface area contributed by atoms with Gasteiger partial charge < -0.3 is 25.2 Å². The van der Waals surface area contributed by atoms with E-state index in [1.807, 2.05) is 27.8 Å². The third-order valence-corrected chi connectivity index (χ3v) is 4.17. The maximum atomic E-state index is 12.1. The number of alkyl carbamates (subject to hydrolysis) is 1. The van der Waals surface area contributed by atoms with E-state index >= 15 is 0 Å². The minimum absolute atomic E-state index is 0. The normalized spacial score (nSPS) is 13.2. The number of aliphatic imine (C=N–C) groups is 1. The lowest BCUT2D eigenvalue weighted by molar-refractivity contribution is 0.0486. The standard InChI is InChI=1S/C19H41N5O2.HI/c1-10-23(8)14-12-21-17(20-7)24(9)13-11-16(15(2)3)22-18(25)26-19(4,5)6;/h15-16H,10-14H2,1-9H3,(H,20,21)(H,22,25);1H. The van der Waals surface area contributed by atoms with Gasteiger partial charge in [-0.1, -0.05) is 20.8 Å². The molecule has 0 aliphatic rings. The van der Waals surface area contributed by atoms with Gasteiger partial charge in [-0.05, 0) is 46.7 Å². The molecule has 0 saturated heterocycles. The van der Waals surface area contributed by atoms with Crippen LogP contribution in [0.4, 0.5) is 4.79 Å². The minimum atomic E-state index is -0.486. The summed E-state index contributed by atoms with van der Waals surface area (Å²) in [4.78, 5) is 20.7. The van der Waals surface area contributed by atoms with Gasteiger partial charge in [-0.15, -0.1) is 24.0 Å². The van der Waals surface area contributed by atoms with Crippen LogP contribution in [0.2, 0.25) is 0 Å². The number of ether oxygens (including phenoxy) is 1. The van der Waals surface area contributed by atoms with Crippen molar-refractivity contribution in [1.82, 2.24) is 20.4 Å². The second kappa shape index (κ2) is 14.3. The van der Waals surface area contributed by atoms with Crippen LogP contribution < -0.4 is 10.6 Å². The largest absolute Gasteiger partial charge is 0.444 e. The number of nitrogens with one attached hydrogen (secondary N) is 2. The number of likely N-dealkylation sites (N-methyl/N-ethyl adjacent to an activating group) is 1. The molecule has 0 heterocycles. The van der Waals surface area contributed by atoms with Gasteiger partial charge in [0.2, 0.25) is 0 Å². The Morgan fingerprint density at radius 2 is 1.78 bits per heavy atom. The minimum Gasteiger partial charge on any atom is -0.444 e. The smallest absolute Gasteiger partial charge is 0.407 e. The third kappa shape index (κ3) is 14.0. The van der Waals surface area contributed by atoms with Crippen molar-refractivity contribution < 1.29 is 9.53 Å². The van der Waals surface area contributed by atoms with Gasteiger partial charge >= 0.3 is 6.09 Å². The molecule has 27 heavy (non-hydrogen) atoms. The molecule has 1 unspecified atom stereocenters. The molecule has 0 aliphatic heterocycles. The summed E-state index contributed by atoms with van der Waals surface area (Å²) in [6.45, 7) is 15.6. The van der Waals surface area contributed by atoms with E-state index in [-0.39, 0.29) is 36.1 Å². The first kappa shape index (κ1) is 28.4. The lowest BCUT2D eigenvalue weighted by atomic mass is 10.0. The van der Waals surface area contributed by atoms with Crippen LogP contribution in [0.5, 0.6) is 0 Å². The van der Waals surface area contributed by atoms with E-state index in [0.29, 0.717) is 5.92 Å². The molecule has 0 fully saturated rings. The van der Waals surface area contributed by atoms with Crippen molar-refractivity contribution in [2.45, 2.75) is 59.6 Å². The Hall–Kier alpha value is -0.770. The van der Waals surface area contributed by atoms with E-state index < -0.39 is 5.60 Å². The van der Waals surface area contributed by atoms with Crippen LogP contribution in [0.15, 0.2) is 4.99 Å². The number of hydrogen-bond donors (Lipinski definition) is 2. The molecule has 0 aromatic carbocycles. The Morgan fingerprint density at radius 1 is 1.19 bits per heavy atom. The SMILES string of the molecule is CCN(C)CCNC(=NC)N(C)CCC(NC(=O)OC(C)(C)C)C(C)C.I. The zero-order chi connectivity index (χ0) is 20.3. The molecule has 0 rings (SSSR count). The molecular weight excluding hydrogens is 457 g/mol. The van der Waals surface area contributed by atoms with Crippen molar-refractivity contribution in [1.29, 1.82) is 0 Å². The number of nitrogens with zero attached hydrogens (tertiary/aromatic N) is 3. The van der Waals surface area contributed by atoms with Crippen molar-refractivity contribution in [2.75, 3.05) is 47.3 Å². The van der Waals surface area contributed by atoms with Crippen LogP contribution in [0.1, 0.15) is 48.0 Å². The number of carbonyl (C=O) groups is 1. The Balaban J connectivity index is 0. The highest BCUT2D eigenvalue weighted by Gasteiger charge is 2.22. The molecule has 0 aromatic heterocycles. The highest BCUT2D eigenvalue weighted by atomic mass is 127. The Kier molecular flexibility index (Phi) is 15.0. The van der Waals surface area contributed by atoms with Gasteiger partial charge in [0, 0.05) is 39.8 Å². The first-order valence-electron chi connectivity index (χ1n) is 9.60. The van der Waals surface area contributed by atoms with Crippen molar-refractivity contribution >= 4 is 36.0 Å². The quantitative estimate of drug-likeness (QED) is 0.290. The van der Waals surface area contributed by atoms with Crippen molar-refractivity contribution in [2.24, 2.45) is 10.9 Å². The van der Waals surface area contributed by atoms with Crippen molar-refractivity contribution in [3.05, 3.63) is 0 Å². The summed E-state index contributed by atoms with van der Waals surface area (Å²) in [5.41, 5.74) is -0.486. The number of halogens is 1. The summed E-state index contributed by atoms with van der Waals surface area (Å²) in [5.74, 6) is 1.19. The zero-order valence-electron chi connectivity index (χ0n) is 18.8. The molecule has 0 saturated carbocycles. The van der Waals surface area contributed by atoms with E-state index in [0.717, 1.165) is 38.6 Å². The summed E-state index contributed by atoms with van der Waals surface area (Å²) < 4.78 is 5.38. The molecule has 162 valence electrons. The van der Waals surface area contributed by atoms with Crippen LogP contribution in [0.25, 0.3) is 0 Å². The van der Waals surface area contributed by atoms with Crippen LogP contribution in [-0.2, 0) is 4.74 Å². The van der Waals surface area contributed by atoms with Crippen LogP contribution in [-0.4, -0.2) is 80.8 Å². The van der Waals surface area contributed by atoms with Gasteiger partial charge in [0.25, 0.3) is 0 Å². The Bertz CT molecular complexity index is 438. The maximum absolute atomic E-state index is 12.1. The highest BCUT2D eigenvalue weighted by Crippen LogP contribution is 2.11. The Morgan fingerprint density at radius 3 is 2.22 bits per heavy atom. The van der Waals surface area contributed by atoms with Crippen LogP contribution in [0, 0.1) is 5.92 Å². The average molecular weight is 499 g/mol. The fraction of sp³-hybridized carbons (Fsp3) is 0.895. The number of carbonyl (C=O) groups excluding carboxylic acids is 1. The molecule has 0 bridgehead atoms. The topological polar surface area (TPSA) is 69.2 Å². The number of hydrogen-bond acceptors (Lipinski definition) is 4. The van der Waals surface area contributed by atoms with E-state index in [9.17, 15) is 4.79 Å². The summed E-state index contributed by atoms with van der Waals surface area (Å²) in [5, 5.41) is 6.38. The summed E-state index contributed by atoms with van der Waals surface area (Å²) in [6, 6.07) is 0.0524. The van der Waals surface area contributed by atoms with Crippen molar-refractivity contribution in [3.8, 4) is 0 Å². The van der Waals surface area contributed by atoms with Gasteiger partial charge in [-0.3, -0.25) is 4.99 Å². The molecule has 0 radical (unpaired) electrons. The first-order chi connectivity index (χ1) is 12.0. The van der Waals surface area contributed by atoms with Gasteiger partial charge in [0.05, 0.1) is 0 Å². The molecule has 0 spiro atoms. The summed E-state index contributed by atoms with van der Waals surface area (Å²) >= 11 is 0. The van der Waals surface area contributed by atoms with E-state index in [2.05, 4.69) is 53.2 Å². The number of guanidine groups is 1. The first-order valence-corrected chi connectivity index (χ1v) is 9.60.